The van der Waals surface area contributed by atoms with Gasteiger partial charge in [-0.25, -0.2) is 4.39 Å². The number of hydrogen-bond acceptors (Lipinski definition) is 2. The summed E-state index contributed by atoms with van der Waals surface area (Å²) in [6.45, 7) is 0.565. The highest BCUT2D eigenvalue weighted by Crippen LogP contribution is 2.23. The molecule has 2 rings (SSSR count). The molecular formula is C12H12FNS. The molecule has 0 bridgehead atoms. The monoisotopic (exact) mass is 221 g/mol. The fraction of sp³-hybridized carbons (Fsp3) is 0.167. The first-order valence-electron chi connectivity index (χ1n) is 4.77. The third-order valence-electron chi connectivity index (χ3n) is 2.27. The Kier molecular flexibility index (Phi) is 3.14. The van der Waals surface area contributed by atoms with Crippen molar-refractivity contribution in [3.05, 3.63) is 46.4 Å². The summed E-state index contributed by atoms with van der Waals surface area (Å²) in [6.07, 6.45) is 0. The van der Waals surface area contributed by atoms with Crippen molar-refractivity contribution < 1.29 is 4.39 Å². The molecule has 0 aliphatic carbocycles. The fourth-order valence-electron chi connectivity index (χ4n) is 1.49. The van der Waals surface area contributed by atoms with Gasteiger partial charge < -0.3 is 5.32 Å². The van der Waals surface area contributed by atoms with Crippen LogP contribution < -0.4 is 5.32 Å². The van der Waals surface area contributed by atoms with E-state index in [4.69, 9.17) is 0 Å². The summed E-state index contributed by atoms with van der Waals surface area (Å²) in [6, 6.07) is 7.38. The molecule has 3 heteroatoms. The number of halogens is 1. The van der Waals surface area contributed by atoms with Gasteiger partial charge in [-0.05, 0) is 41.1 Å². The molecule has 1 nitrogen and oxygen atoms in total. The van der Waals surface area contributed by atoms with Crippen molar-refractivity contribution in [2.24, 2.45) is 0 Å². The number of benzene rings is 1. The molecule has 1 aromatic heterocycles. The number of hydrogen-bond donors (Lipinski definition) is 1. The van der Waals surface area contributed by atoms with Crippen LogP contribution in [0.1, 0.15) is 5.56 Å². The van der Waals surface area contributed by atoms with Crippen molar-refractivity contribution in [3.8, 4) is 11.1 Å². The van der Waals surface area contributed by atoms with Crippen molar-refractivity contribution >= 4 is 11.3 Å². The van der Waals surface area contributed by atoms with E-state index in [2.05, 4.69) is 5.32 Å². The number of rotatable bonds is 3. The van der Waals surface area contributed by atoms with Crippen LogP contribution in [0.15, 0.2) is 35.0 Å². The molecule has 0 amide bonds. The van der Waals surface area contributed by atoms with Crippen molar-refractivity contribution in [1.82, 2.24) is 5.32 Å². The Hall–Kier alpha value is -1.19. The maximum atomic E-state index is 13.6. The molecule has 2 aromatic rings. The lowest BCUT2D eigenvalue weighted by Crippen LogP contribution is -2.06. The predicted molar refractivity (Wildman–Crippen MR) is 62.5 cm³/mol. The molecule has 0 atom stereocenters. The zero-order valence-electron chi connectivity index (χ0n) is 8.46. The first-order valence-corrected chi connectivity index (χ1v) is 5.71. The van der Waals surface area contributed by atoms with E-state index in [0.717, 1.165) is 11.1 Å². The van der Waals surface area contributed by atoms with Crippen LogP contribution in [0.2, 0.25) is 0 Å². The highest BCUT2D eigenvalue weighted by atomic mass is 32.1. The summed E-state index contributed by atoms with van der Waals surface area (Å²) in [4.78, 5) is 0. The van der Waals surface area contributed by atoms with E-state index in [1.165, 1.54) is 0 Å². The Labute approximate surface area is 92.6 Å². The van der Waals surface area contributed by atoms with Crippen LogP contribution in [0.5, 0.6) is 0 Å². The van der Waals surface area contributed by atoms with Crippen molar-refractivity contribution in [2.45, 2.75) is 6.54 Å². The maximum absolute atomic E-state index is 13.6. The molecule has 1 heterocycles. The van der Waals surface area contributed by atoms with E-state index in [0.29, 0.717) is 12.1 Å². The quantitative estimate of drug-likeness (QED) is 0.838. The Morgan fingerprint density at radius 1 is 1.27 bits per heavy atom. The summed E-state index contributed by atoms with van der Waals surface area (Å²) in [7, 11) is 1.81. The molecule has 15 heavy (non-hydrogen) atoms. The summed E-state index contributed by atoms with van der Waals surface area (Å²) in [5, 5.41) is 6.96. The minimum absolute atomic E-state index is 0.145. The Morgan fingerprint density at radius 3 is 2.73 bits per heavy atom. The minimum atomic E-state index is -0.145. The Balaban J connectivity index is 2.33. The van der Waals surface area contributed by atoms with Crippen LogP contribution >= 0.6 is 11.3 Å². The molecule has 0 unspecified atom stereocenters. The lowest BCUT2D eigenvalue weighted by atomic mass is 10.1. The molecule has 1 aromatic carbocycles. The van der Waals surface area contributed by atoms with Gasteiger partial charge in [0.2, 0.25) is 0 Å². The van der Waals surface area contributed by atoms with Crippen LogP contribution in [0.4, 0.5) is 4.39 Å². The molecule has 0 fully saturated rings. The van der Waals surface area contributed by atoms with Gasteiger partial charge in [-0.15, -0.1) is 0 Å². The van der Waals surface area contributed by atoms with Crippen LogP contribution in [-0.4, -0.2) is 7.05 Å². The lowest BCUT2D eigenvalue weighted by molar-refractivity contribution is 0.601. The molecule has 0 radical (unpaired) electrons. The van der Waals surface area contributed by atoms with Gasteiger partial charge in [0.15, 0.2) is 0 Å². The van der Waals surface area contributed by atoms with Crippen molar-refractivity contribution in [2.75, 3.05) is 7.05 Å². The molecule has 0 spiro atoms. The largest absolute Gasteiger partial charge is 0.316 e. The SMILES string of the molecule is CNCc1ccc(-c2ccsc2)cc1F. The first-order chi connectivity index (χ1) is 7.31. The van der Waals surface area contributed by atoms with Crippen LogP contribution in [-0.2, 0) is 6.54 Å². The zero-order chi connectivity index (χ0) is 10.7. The molecular weight excluding hydrogens is 209 g/mol. The standard InChI is InChI=1S/C12H12FNS/c1-14-7-10-3-2-9(6-12(10)13)11-4-5-15-8-11/h2-6,8,14H,7H2,1H3. The van der Waals surface area contributed by atoms with Crippen LogP contribution in [0.25, 0.3) is 11.1 Å². The molecule has 0 aliphatic rings. The fourth-order valence-corrected chi connectivity index (χ4v) is 2.15. The van der Waals surface area contributed by atoms with E-state index < -0.39 is 0 Å². The van der Waals surface area contributed by atoms with E-state index in [1.54, 1.807) is 17.4 Å². The topological polar surface area (TPSA) is 12.0 Å². The van der Waals surface area contributed by atoms with Gasteiger partial charge in [0.05, 0.1) is 0 Å². The average Bonchev–Trinajstić information content (AvgIpc) is 2.74. The van der Waals surface area contributed by atoms with Gasteiger partial charge in [-0.2, -0.15) is 11.3 Å². The number of thiophene rings is 1. The van der Waals surface area contributed by atoms with Gasteiger partial charge in [-0.3, -0.25) is 0 Å². The normalized spacial score (nSPS) is 10.5. The second-order valence-electron chi connectivity index (χ2n) is 3.35. The third-order valence-corrected chi connectivity index (χ3v) is 2.96. The molecule has 78 valence electrons. The zero-order valence-corrected chi connectivity index (χ0v) is 9.27. The van der Waals surface area contributed by atoms with Crippen LogP contribution in [0.3, 0.4) is 0 Å². The second-order valence-corrected chi connectivity index (χ2v) is 4.13. The summed E-state index contributed by atoms with van der Waals surface area (Å²) in [5.41, 5.74) is 2.72. The van der Waals surface area contributed by atoms with Gasteiger partial charge in [-0.1, -0.05) is 12.1 Å². The minimum Gasteiger partial charge on any atom is -0.316 e. The Morgan fingerprint density at radius 2 is 2.13 bits per heavy atom. The van der Waals surface area contributed by atoms with E-state index in [1.807, 2.05) is 36.0 Å². The van der Waals surface area contributed by atoms with E-state index >= 15 is 0 Å². The lowest BCUT2D eigenvalue weighted by Gasteiger charge is -2.04. The van der Waals surface area contributed by atoms with Gasteiger partial charge in [0, 0.05) is 12.1 Å². The predicted octanol–water partition coefficient (Wildman–Crippen LogP) is 3.27. The maximum Gasteiger partial charge on any atom is 0.128 e. The molecule has 1 N–H and O–H groups in total. The van der Waals surface area contributed by atoms with Crippen LogP contribution in [0, 0.1) is 5.82 Å². The van der Waals surface area contributed by atoms with Crippen molar-refractivity contribution in [3.63, 3.8) is 0 Å². The summed E-state index contributed by atoms with van der Waals surface area (Å²) < 4.78 is 13.6. The van der Waals surface area contributed by atoms with Gasteiger partial charge in [0.1, 0.15) is 5.82 Å². The average molecular weight is 221 g/mol. The van der Waals surface area contributed by atoms with Gasteiger partial charge >= 0.3 is 0 Å². The highest BCUT2D eigenvalue weighted by molar-refractivity contribution is 7.08. The number of nitrogens with one attached hydrogen (secondary N) is 1. The smallest absolute Gasteiger partial charge is 0.128 e. The Bertz CT molecular complexity index is 437. The van der Waals surface area contributed by atoms with E-state index in [9.17, 15) is 4.39 Å². The summed E-state index contributed by atoms with van der Waals surface area (Å²) in [5.74, 6) is -0.145. The highest BCUT2D eigenvalue weighted by Gasteiger charge is 2.04. The molecule has 0 aliphatic heterocycles. The molecule has 0 saturated heterocycles. The van der Waals surface area contributed by atoms with Gasteiger partial charge in [0.25, 0.3) is 0 Å². The second kappa shape index (κ2) is 4.55. The summed E-state index contributed by atoms with van der Waals surface area (Å²) >= 11 is 1.62. The van der Waals surface area contributed by atoms with Crippen molar-refractivity contribution in [1.29, 1.82) is 0 Å². The first kappa shape index (κ1) is 10.3. The third kappa shape index (κ3) is 2.25. The van der Waals surface area contributed by atoms with E-state index in [-0.39, 0.29) is 5.82 Å². The molecule has 0 saturated carbocycles.